The quantitative estimate of drug-likeness (QED) is 0.706. The summed E-state index contributed by atoms with van der Waals surface area (Å²) >= 11 is 11.5. The van der Waals surface area contributed by atoms with Gasteiger partial charge in [-0.2, -0.15) is 9.36 Å². The summed E-state index contributed by atoms with van der Waals surface area (Å²) in [7, 11) is 2.02. The summed E-state index contributed by atoms with van der Waals surface area (Å²) in [6.45, 7) is 1.28. The molecule has 0 aliphatic carbocycles. The number of aromatic nitrogens is 4. The minimum Gasteiger partial charge on any atom is -0.315 e. The molecule has 0 aliphatic rings. The maximum absolute atomic E-state index is 13.0. The highest BCUT2D eigenvalue weighted by molar-refractivity contribution is 7.71. The SMILES string of the molecule is C[NH+](Cc1ccc(F)cc1)Cn1nnn(-c2cccc(Cl)c2)c1=S. The van der Waals surface area contributed by atoms with Gasteiger partial charge in [0.25, 0.3) is 0 Å². The van der Waals surface area contributed by atoms with Gasteiger partial charge in [-0.3, -0.25) is 0 Å². The smallest absolute Gasteiger partial charge is 0.225 e. The molecule has 0 bridgehead atoms. The van der Waals surface area contributed by atoms with Crippen LogP contribution < -0.4 is 4.90 Å². The zero-order valence-corrected chi connectivity index (χ0v) is 14.6. The van der Waals surface area contributed by atoms with Crippen molar-refractivity contribution in [2.45, 2.75) is 13.2 Å². The van der Waals surface area contributed by atoms with Crippen molar-refractivity contribution in [3.8, 4) is 5.69 Å². The molecule has 1 aromatic heterocycles. The Morgan fingerprint density at radius 2 is 1.92 bits per heavy atom. The monoisotopic (exact) mass is 364 g/mol. The number of tetrazole rings is 1. The first-order chi connectivity index (χ1) is 11.5. The van der Waals surface area contributed by atoms with Crippen molar-refractivity contribution >= 4 is 23.8 Å². The van der Waals surface area contributed by atoms with Crippen LogP contribution in [-0.2, 0) is 13.2 Å². The lowest BCUT2D eigenvalue weighted by Gasteiger charge is -2.13. The second-order valence-corrected chi connectivity index (χ2v) is 6.37. The highest BCUT2D eigenvalue weighted by Crippen LogP contribution is 2.13. The molecule has 124 valence electrons. The topological polar surface area (TPSA) is 40.1 Å². The van der Waals surface area contributed by atoms with Gasteiger partial charge in [0.2, 0.25) is 4.77 Å². The van der Waals surface area contributed by atoms with E-state index in [4.69, 9.17) is 23.8 Å². The summed E-state index contributed by atoms with van der Waals surface area (Å²) in [6, 6.07) is 13.8. The predicted molar refractivity (Wildman–Crippen MR) is 92.2 cm³/mol. The zero-order valence-electron chi connectivity index (χ0n) is 13.0. The molecule has 0 radical (unpaired) electrons. The van der Waals surface area contributed by atoms with Crippen molar-refractivity contribution in [3.63, 3.8) is 0 Å². The van der Waals surface area contributed by atoms with Crippen molar-refractivity contribution in [1.82, 2.24) is 19.8 Å². The Bertz CT molecular complexity index is 890. The molecule has 3 rings (SSSR count). The minimum atomic E-state index is -0.233. The van der Waals surface area contributed by atoms with Crippen LogP contribution in [0.1, 0.15) is 5.56 Å². The molecule has 0 saturated heterocycles. The molecule has 1 N–H and O–H groups in total. The number of nitrogens with zero attached hydrogens (tertiary/aromatic N) is 4. The second kappa shape index (κ2) is 7.21. The van der Waals surface area contributed by atoms with E-state index in [1.54, 1.807) is 33.6 Å². The third kappa shape index (κ3) is 3.87. The Labute approximate surface area is 148 Å². The van der Waals surface area contributed by atoms with Gasteiger partial charge in [0, 0.05) is 10.6 Å². The van der Waals surface area contributed by atoms with Crippen molar-refractivity contribution in [2.24, 2.45) is 0 Å². The first-order valence-electron chi connectivity index (χ1n) is 7.37. The number of nitrogens with one attached hydrogen (secondary N) is 1. The van der Waals surface area contributed by atoms with E-state index in [1.165, 1.54) is 12.1 Å². The van der Waals surface area contributed by atoms with Crippen LogP contribution in [0.5, 0.6) is 0 Å². The van der Waals surface area contributed by atoms with Crippen LogP contribution in [0.4, 0.5) is 4.39 Å². The Balaban J connectivity index is 1.74. The maximum atomic E-state index is 13.0. The third-order valence-electron chi connectivity index (χ3n) is 3.53. The molecule has 0 amide bonds. The number of quaternary nitrogens is 1. The molecule has 0 saturated carbocycles. The molecule has 24 heavy (non-hydrogen) atoms. The van der Waals surface area contributed by atoms with E-state index in [1.807, 2.05) is 19.2 Å². The van der Waals surface area contributed by atoms with Gasteiger partial charge in [0.05, 0.1) is 12.7 Å². The van der Waals surface area contributed by atoms with Crippen molar-refractivity contribution < 1.29 is 9.29 Å². The van der Waals surface area contributed by atoms with E-state index in [-0.39, 0.29) is 5.82 Å². The molecule has 8 heteroatoms. The number of hydrogen-bond donors (Lipinski definition) is 1. The summed E-state index contributed by atoms with van der Waals surface area (Å²) in [5.74, 6) is -0.233. The van der Waals surface area contributed by atoms with Gasteiger partial charge in [-0.1, -0.05) is 29.8 Å². The molecule has 0 aliphatic heterocycles. The standard InChI is InChI=1S/C16H15ClFN5S/c1-21(10-12-5-7-14(18)8-6-12)11-22-16(24)23(20-19-22)15-4-2-3-13(17)9-15/h2-9H,10-11H2,1H3/p+1. The summed E-state index contributed by atoms with van der Waals surface area (Å²) < 4.78 is 16.7. The van der Waals surface area contributed by atoms with Crippen LogP contribution >= 0.6 is 23.8 Å². The fourth-order valence-electron chi connectivity index (χ4n) is 2.41. The third-order valence-corrected chi connectivity index (χ3v) is 4.15. The molecular formula is C16H16ClFN5S+. The van der Waals surface area contributed by atoms with Crippen LogP contribution in [-0.4, -0.2) is 26.8 Å². The van der Waals surface area contributed by atoms with E-state index in [9.17, 15) is 4.39 Å². The summed E-state index contributed by atoms with van der Waals surface area (Å²) in [5, 5.41) is 8.84. The average molecular weight is 365 g/mol. The Morgan fingerprint density at radius 1 is 1.17 bits per heavy atom. The molecule has 0 spiro atoms. The highest BCUT2D eigenvalue weighted by atomic mass is 35.5. The number of halogens is 2. The number of hydrogen-bond acceptors (Lipinski definition) is 3. The lowest BCUT2D eigenvalue weighted by atomic mass is 10.2. The van der Waals surface area contributed by atoms with Gasteiger partial charge < -0.3 is 4.90 Å². The fraction of sp³-hybridized carbons (Fsp3) is 0.188. The average Bonchev–Trinajstić information content (AvgIpc) is 2.90. The molecule has 5 nitrogen and oxygen atoms in total. The van der Waals surface area contributed by atoms with Gasteiger partial charge in [-0.15, -0.1) is 0 Å². The van der Waals surface area contributed by atoms with E-state index in [0.717, 1.165) is 22.7 Å². The normalized spacial score (nSPS) is 12.3. The molecule has 3 aromatic rings. The molecule has 1 heterocycles. The number of rotatable bonds is 5. The summed E-state index contributed by atoms with van der Waals surface area (Å²) in [6.07, 6.45) is 0. The first-order valence-corrected chi connectivity index (χ1v) is 8.16. The maximum Gasteiger partial charge on any atom is 0.225 e. The van der Waals surface area contributed by atoms with Crippen molar-refractivity contribution in [3.05, 3.63) is 69.7 Å². The molecule has 2 aromatic carbocycles. The van der Waals surface area contributed by atoms with E-state index in [0.29, 0.717) is 16.5 Å². The summed E-state index contributed by atoms with van der Waals surface area (Å²) in [4.78, 5) is 1.15. The second-order valence-electron chi connectivity index (χ2n) is 5.57. The lowest BCUT2D eigenvalue weighted by Crippen LogP contribution is -3.07. The van der Waals surface area contributed by atoms with Crippen LogP contribution in [0.25, 0.3) is 5.69 Å². The van der Waals surface area contributed by atoms with Crippen LogP contribution in [0.3, 0.4) is 0 Å². The van der Waals surface area contributed by atoms with E-state index in [2.05, 4.69) is 10.4 Å². The minimum absolute atomic E-state index is 0.233. The van der Waals surface area contributed by atoms with Crippen molar-refractivity contribution in [2.75, 3.05) is 7.05 Å². The molecule has 1 unspecified atom stereocenters. The summed E-state index contributed by atoms with van der Waals surface area (Å²) in [5.41, 5.74) is 1.82. The molecule has 0 fully saturated rings. The van der Waals surface area contributed by atoms with Gasteiger partial charge in [-0.25, -0.2) is 4.39 Å². The van der Waals surface area contributed by atoms with Gasteiger partial charge >= 0.3 is 0 Å². The van der Waals surface area contributed by atoms with Crippen molar-refractivity contribution in [1.29, 1.82) is 0 Å². The Kier molecular flexibility index (Phi) is 5.03. The first kappa shape index (κ1) is 16.8. The Morgan fingerprint density at radius 3 is 2.62 bits per heavy atom. The zero-order chi connectivity index (χ0) is 17.1. The lowest BCUT2D eigenvalue weighted by molar-refractivity contribution is -0.917. The van der Waals surface area contributed by atoms with E-state index < -0.39 is 0 Å². The molecule has 1 atom stereocenters. The highest BCUT2D eigenvalue weighted by Gasteiger charge is 2.11. The van der Waals surface area contributed by atoms with Gasteiger partial charge in [0.15, 0.2) is 6.67 Å². The largest absolute Gasteiger partial charge is 0.315 e. The van der Waals surface area contributed by atoms with Gasteiger partial charge in [-0.05, 0) is 53.0 Å². The van der Waals surface area contributed by atoms with E-state index >= 15 is 0 Å². The van der Waals surface area contributed by atoms with Crippen LogP contribution in [0.2, 0.25) is 5.02 Å². The van der Waals surface area contributed by atoms with Gasteiger partial charge in [0.1, 0.15) is 12.4 Å². The molecular weight excluding hydrogens is 349 g/mol. The fourth-order valence-corrected chi connectivity index (χ4v) is 2.83. The van der Waals surface area contributed by atoms with Crippen LogP contribution in [0, 0.1) is 10.6 Å². The number of benzene rings is 2. The Hall–Kier alpha value is -2.09. The van der Waals surface area contributed by atoms with Crippen LogP contribution in [0.15, 0.2) is 48.5 Å². The predicted octanol–water partition coefficient (Wildman–Crippen LogP) is 2.26.